The van der Waals surface area contributed by atoms with Crippen LogP contribution in [0.25, 0.3) is 0 Å². The van der Waals surface area contributed by atoms with E-state index in [4.69, 9.17) is 16.3 Å². The molecule has 0 amide bonds. The van der Waals surface area contributed by atoms with Crippen LogP contribution in [0.1, 0.15) is 16.7 Å². The molecule has 0 saturated carbocycles. The zero-order valence-electron chi connectivity index (χ0n) is 10.1. The van der Waals surface area contributed by atoms with Gasteiger partial charge in [-0.3, -0.25) is 0 Å². The van der Waals surface area contributed by atoms with Crippen LogP contribution < -0.4 is 4.74 Å². The molecule has 3 heteroatoms. The second-order valence-corrected chi connectivity index (χ2v) is 4.34. The third-order valence-electron chi connectivity index (χ3n) is 2.83. The van der Waals surface area contributed by atoms with Crippen LogP contribution in [0.5, 0.6) is 5.75 Å². The fraction of sp³-hybridized carbons (Fsp3) is 0.200. The topological polar surface area (TPSA) is 9.23 Å². The van der Waals surface area contributed by atoms with Gasteiger partial charge in [-0.1, -0.05) is 36.4 Å². The lowest BCUT2D eigenvalue weighted by atomic mass is 10.1. The van der Waals surface area contributed by atoms with Crippen LogP contribution in [0.4, 0.5) is 4.39 Å². The molecule has 2 aromatic rings. The minimum Gasteiger partial charge on any atom is -0.485 e. The lowest BCUT2D eigenvalue weighted by Crippen LogP contribution is -2.01. The van der Waals surface area contributed by atoms with E-state index in [-0.39, 0.29) is 17.4 Å². The molecule has 0 aromatic heterocycles. The maximum Gasteiger partial charge on any atom is 0.165 e. The molecule has 0 atom stereocenters. The average molecular weight is 265 g/mol. The lowest BCUT2D eigenvalue weighted by molar-refractivity contribution is 0.287. The van der Waals surface area contributed by atoms with Gasteiger partial charge in [0.15, 0.2) is 11.6 Å². The van der Waals surface area contributed by atoms with E-state index in [0.29, 0.717) is 12.2 Å². The number of halogens is 2. The number of hydrogen-bond acceptors (Lipinski definition) is 1. The van der Waals surface area contributed by atoms with E-state index in [9.17, 15) is 4.39 Å². The number of rotatable bonds is 4. The van der Waals surface area contributed by atoms with Gasteiger partial charge in [0.25, 0.3) is 0 Å². The molecule has 0 aliphatic heterocycles. The number of para-hydroxylation sites is 1. The number of benzene rings is 2. The monoisotopic (exact) mass is 264 g/mol. The zero-order chi connectivity index (χ0) is 13.0. The van der Waals surface area contributed by atoms with Crippen molar-refractivity contribution in [1.29, 1.82) is 0 Å². The average Bonchev–Trinajstić information content (AvgIpc) is 2.39. The molecule has 0 bridgehead atoms. The normalized spacial score (nSPS) is 10.4. The Kier molecular flexibility index (Phi) is 4.21. The first kappa shape index (κ1) is 12.9. The molecular weight excluding hydrogens is 251 g/mol. The summed E-state index contributed by atoms with van der Waals surface area (Å²) in [6.45, 7) is 2.35. The van der Waals surface area contributed by atoms with E-state index >= 15 is 0 Å². The summed E-state index contributed by atoms with van der Waals surface area (Å²) >= 11 is 5.77. The Hall–Kier alpha value is -1.54. The summed E-state index contributed by atoms with van der Waals surface area (Å²) in [5.74, 6) is 0.110. The summed E-state index contributed by atoms with van der Waals surface area (Å²) in [7, 11) is 0. The van der Waals surface area contributed by atoms with Crippen LogP contribution >= 0.6 is 11.6 Å². The Morgan fingerprint density at radius 3 is 2.50 bits per heavy atom. The van der Waals surface area contributed by atoms with E-state index in [2.05, 4.69) is 0 Å². The van der Waals surface area contributed by atoms with Crippen molar-refractivity contribution in [1.82, 2.24) is 0 Å². The van der Waals surface area contributed by atoms with Crippen molar-refractivity contribution in [2.45, 2.75) is 19.4 Å². The van der Waals surface area contributed by atoms with Crippen molar-refractivity contribution in [3.63, 3.8) is 0 Å². The molecule has 0 spiro atoms. The highest BCUT2D eigenvalue weighted by Gasteiger charge is 2.09. The fourth-order valence-corrected chi connectivity index (χ4v) is 1.95. The Morgan fingerprint density at radius 1 is 1.06 bits per heavy atom. The van der Waals surface area contributed by atoms with Gasteiger partial charge in [0.1, 0.15) is 6.61 Å². The molecule has 0 N–H and O–H groups in total. The van der Waals surface area contributed by atoms with E-state index in [1.807, 2.05) is 31.2 Å². The van der Waals surface area contributed by atoms with Gasteiger partial charge in [-0.25, -0.2) is 4.39 Å². The van der Waals surface area contributed by atoms with E-state index in [1.165, 1.54) is 6.07 Å². The molecule has 0 aliphatic carbocycles. The molecule has 2 aromatic carbocycles. The summed E-state index contributed by atoms with van der Waals surface area (Å²) in [5, 5.41) is 0. The second kappa shape index (κ2) is 5.87. The van der Waals surface area contributed by atoms with Gasteiger partial charge in [-0.15, -0.1) is 11.6 Å². The summed E-state index contributed by atoms with van der Waals surface area (Å²) in [6, 6.07) is 12.7. The van der Waals surface area contributed by atoms with Crippen molar-refractivity contribution in [2.24, 2.45) is 0 Å². The van der Waals surface area contributed by atoms with Crippen LogP contribution in [0.2, 0.25) is 0 Å². The number of alkyl halides is 1. The minimum atomic E-state index is -0.373. The highest BCUT2D eigenvalue weighted by molar-refractivity contribution is 6.17. The first-order valence-electron chi connectivity index (χ1n) is 5.73. The van der Waals surface area contributed by atoms with E-state index < -0.39 is 0 Å². The van der Waals surface area contributed by atoms with Crippen molar-refractivity contribution < 1.29 is 9.13 Å². The van der Waals surface area contributed by atoms with Gasteiger partial charge >= 0.3 is 0 Å². The standard InChI is InChI=1S/C15H14ClFO/c1-11-5-2-3-6-13(11)10-18-15-12(9-16)7-4-8-14(15)17/h2-8H,9-10H2,1H3. The number of aryl methyl sites for hydroxylation is 1. The van der Waals surface area contributed by atoms with E-state index in [1.54, 1.807) is 12.1 Å². The van der Waals surface area contributed by atoms with Gasteiger partial charge in [0.2, 0.25) is 0 Å². The first-order chi connectivity index (χ1) is 8.72. The van der Waals surface area contributed by atoms with Gasteiger partial charge in [-0.2, -0.15) is 0 Å². The molecule has 2 rings (SSSR count). The van der Waals surface area contributed by atoms with Crippen LogP contribution in [0.3, 0.4) is 0 Å². The van der Waals surface area contributed by atoms with Gasteiger partial charge in [-0.05, 0) is 24.1 Å². The van der Waals surface area contributed by atoms with Crippen LogP contribution in [0, 0.1) is 12.7 Å². The molecular formula is C15H14ClFO. The predicted molar refractivity (Wildman–Crippen MR) is 71.5 cm³/mol. The van der Waals surface area contributed by atoms with Crippen LogP contribution in [-0.2, 0) is 12.5 Å². The molecule has 0 heterocycles. The minimum absolute atomic E-state index is 0.237. The van der Waals surface area contributed by atoms with Crippen molar-refractivity contribution in [2.75, 3.05) is 0 Å². The molecule has 0 radical (unpaired) electrons. The Balaban J connectivity index is 2.18. The highest BCUT2D eigenvalue weighted by atomic mass is 35.5. The molecule has 18 heavy (non-hydrogen) atoms. The van der Waals surface area contributed by atoms with Crippen molar-refractivity contribution in [3.8, 4) is 5.75 Å². The lowest BCUT2D eigenvalue weighted by Gasteiger charge is -2.12. The third-order valence-corrected chi connectivity index (χ3v) is 3.11. The molecule has 1 nitrogen and oxygen atoms in total. The summed E-state index contributed by atoms with van der Waals surface area (Å²) in [6.07, 6.45) is 0. The van der Waals surface area contributed by atoms with Crippen LogP contribution in [-0.4, -0.2) is 0 Å². The van der Waals surface area contributed by atoms with Crippen LogP contribution in [0.15, 0.2) is 42.5 Å². The second-order valence-electron chi connectivity index (χ2n) is 4.08. The maximum absolute atomic E-state index is 13.7. The summed E-state index contributed by atoms with van der Waals surface area (Å²) < 4.78 is 19.2. The van der Waals surface area contributed by atoms with Gasteiger partial charge < -0.3 is 4.74 Å². The molecule has 0 aliphatic rings. The number of hydrogen-bond donors (Lipinski definition) is 0. The molecule has 0 fully saturated rings. The Morgan fingerprint density at radius 2 is 1.78 bits per heavy atom. The van der Waals surface area contributed by atoms with E-state index in [0.717, 1.165) is 11.1 Å². The predicted octanol–water partition coefficient (Wildman–Crippen LogP) is 4.45. The number of ether oxygens (including phenoxy) is 1. The first-order valence-corrected chi connectivity index (χ1v) is 6.26. The highest BCUT2D eigenvalue weighted by Crippen LogP contribution is 2.25. The molecule has 94 valence electrons. The zero-order valence-corrected chi connectivity index (χ0v) is 10.9. The molecule has 0 saturated heterocycles. The molecule has 0 unspecified atom stereocenters. The van der Waals surface area contributed by atoms with Gasteiger partial charge in [0, 0.05) is 5.56 Å². The summed E-state index contributed by atoms with van der Waals surface area (Å²) in [5.41, 5.74) is 2.84. The van der Waals surface area contributed by atoms with Crippen molar-refractivity contribution in [3.05, 3.63) is 65.0 Å². The third kappa shape index (κ3) is 2.82. The van der Waals surface area contributed by atoms with Gasteiger partial charge in [0.05, 0.1) is 5.88 Å². The smallest absolute Gasteiger partial charge is 0.165 e. The maximum atomic E-state index is 13.7. The largest absolute Gasteiger partial charge is 0.485 e. The fourth-order valence-electron chi connectivity index (χ4n) is 1.74. The Labute approximate surface area is 111 Å². The Bertz CT molecular complexity index is 540. The summed E-state index contributed by atoms with van der Waals surface area (Å²) in [4.78, 5) is 0. The SMILES string of the molecule is Cc1ccccc1COc1c(F)cccc1CCl. The van der Waals surface area contributed by atoms with Crippen molar-refractivity contribution >= 4 is 11.6 Å². The quantitative estimate of drug-likeness (QED) is 0.741.